The Bertz CT molecular complexity index is 862. The Balaban J connectivity index is 1.85. The third-order valence-electron chi connectivity index (χ3n) is 3.46. The highest BCUT2D eigenvalue weighted by atomic mass is 79.9. The molecule has 1 aliphatic rings. The van der Waals surface area contributed by atoms with E-state index in [-0.39, 0.29) is 5.91 Å². The van der Waals surface area contributed by atoms with Crippen LogP contribution in [0.25, 0.3) is 6.08 Å². The van der Waals surface area contributed by atoms with Gasteiger partial charge in [-0.25, -0.2) is 4.99 Å². The molecule has 1 fully saturated rings. The summed E-state index contributed by atoms with van der Waals surface area (Å²) in [4.78, 5) is 17.3. The maximum Gasteiger partial charge on any atom is 0.264 e. The number of benzene rings is 2. The van der Waals surface area contributed by atoms with Crippen molar-refractivity contribution in [3.63, 3.8) is 0 Å². The minimum atomic E-state index is -0.140. The quantitative estimate of drug-likeness (QED) is 0.759. The van der Waals surface area contributed by atoms with Crippen LogP contribution in [-0.4, -0.2) is 18.2 Å². The zero-order valence-electron chi connectivity index (χ0n) is 13.2. The molecule has 1 aliphatic heterocycles. The molecule has 1 saturated heterocycles. The van der Waals surface area contributed by atoms with Crippen LogP contribution in [0, 0.1) is 6.92 Å². The Kier molecular flexibility index (Phi) is 5.06. The van der Waals surface area contributed by atoms with E-state index in [0.29, 0.717) is 10.1 Å². The molecule has 122 valence electrons. The van der Waals surface area contributed by atoms with Crippen molar-refractivity contribution in [1.29, 1.82) is 0 Å². The van der Waals surface area contributed by atoms with Crippen LogP contribution < -0.4 is 10.1 Å². The SMILES string of the molecule is COc1ccc(/C=C2\SC(=Nc3ccccc3C)NC2=O)cc1Br. The number of amidine groups is 1. The second-order valence-electron chi connectivity index (χ2n) is 5.16. The number of nitrogens with one attached hydrogen (secondary N) is 1. The van der Waals surface area contributed by atoms with Crippen molar-refractivity contribution in [2.24, 2.45) is 4.99 Å². The van der Waals surface area contributed by atoms with Gasteiger partial charge in [-0.2, -0.15) is 0 Å². The summed E-state index contributed by atoms with van der Waals surface area (Å²) in [5.74, 6) is 0.613. The number of thioether (sulfide) groups is 1. The van der Waals surface area contributed by atoms with Crippen molar-refractivity contribution < 1.29 is 9.53 Å². The van der Waals surface area contributed by atoms with Crippen LogP contribution in [0.3, 0.4) is 0 Å². The first-order chi connectivity index (χ1) is 11.6. The normalized spacial score (nSPS) is 17.4. The monoisotopic (exact) mass is 402 g/mol. The number of nitrogens with zero attached hydrogens (tertiary/aromatic N) is 1. The molecule has 0 spiro atoms. The van der Waals surface area contributed by atoms with E-state index in [9.17, 15) is 4.79 Å². The van der Waals surface area contributed by atoms with Crippen LogP contribution in [0.5, 0.6) is 5.75 Å². The van der Waals surface area contributed by atoms with Crippen LogP contribution >= 0.6 is 27.7 Å². The van der Waals surface area contributed by atoms with Crippen molar-refractivity contribution in [1.82, 2.24) is 5.32 Å². The fourth-order valence-electron chi connectivity index (χ4n) is 2.20. The summed E-state index contributed by atoms with van der Waals surface area (Å²) in [7, 11) is 1.62. The number of carbonyl (C=O) groups is 1. The molecule has 1 N–H and O–H groups in total. The summed E-state index contributed by atoms with van der Waals surface area (Å²) in [6, 6.07) is 13.5. The Labute approximate surface area is 153 Å². The van der Waals surface area contributed by atoms with Crippen LogP contribution in [0.2, 0.25) is 0 Å². The fourth-order valence-corrected chi connectivity index (χ4v) is 3.60. The molecule has 0 bridgehead atoms. The molecule has 6 heteroatoms. The van der Waals surface area contributed by atoms with Crippen LogP contribution in [0.4, 0.5) is 5.69 Å². The topological polar surface area (TPSA) is 50.7 Å². The second-order valence-corrected chi connectivity index (χ2v) is 7.05. The van der Waals surface area contributed by atoms with E-state index >= 15 is 0 Å². The zero-order chi connectivity index (χ0) is 17.1. The van der Waals surface area contributed by atoms with Crippen molar-refractivity contribution in [3.05, 3.63) is 63.0 Å². The zero-order valence-corrected chi connectivity index (χ0v) is 15.6. The Morgan fingerprint density at radius 2 is 2.04 bits per heavy atom. The fraction of sp³-hybridized carbons (Fsp3) is 0.111. The van der Waals surface area contributed by atoms with Crippen molar-refractivity contribution >= 4 is 50.5 Å². The minimum absolute atomic E-state index is 0.140. The van der Waals surface area contributed by atoms with Crippen molar-refractivity contribution in [3.8, 4) is 5.75 Å². The van der Waals surface area contributed by atoms with E-state index in [0.717, 1.165) is 27.0 Å². The van der Waals surface area contributed by atoms with Gasteiger partial charge in [-0.3, -0.25) is 4.79 Å². The molecule has 0 unspecified atom stereocenters. The second kappa shape index (κ2) is 7.23. The molecule has 2 aromatic rings. The number of hydrogen-bond donors (Lipinski definition) is 1. The van der Waals surface area contributed by atoms with Crippen LogP contribution in [-0.2, 0) is 4.79 Å². The molecule has 0 radical (unpaired) electrons. The van der Waals surface area contributed by atoms with Crippen LogP contribution in [0.15, 0.2) is 56.8 Å². The van der Waals surface area contributed by atoms with E-state index in [1.165, 1.54) is 11.8 Å². The molecule has 0 aliphatic carbocycles. The van der Waals surface area contributed by atoms with Crippen molar-refractivity contribution in [2.75, 3.05) is 7.11 Å². The molecule has 0 atom stereocenters. The predicted octanol–water partition coefficient (Wildman–Crippen LogP) is 4.66. The van der Waals surface area contributed by atoms with E-state index in [4.69, 9.17) is 4.74 Å². The molecule has 1 amide bonds. The number of aliphatic imine (C=N–C) groups is 1. The first-order valence-corrected chi connectivity index (χ1v) is 8.86. The lowest BCUT2D eigenvalue weighted by Crippen LogP contribution is -2.19. The number of carbonyl (C=O) groups excluding carboxylic acids is 1. The third-order valence-corrected chi connectivity index (χ3v) is 4.99. The molecule has 3 rings (SSSR count). The van der Waals surface area contributed by atoms with Gasteiger partial charge in [0.1, 0.15) is 5.75 Å². The lowest BCUT2D eigenvalue weighted by atomic mass is 10.2. The summed E-state index contributed by atoms with van der Waals surface area (Å²) in [6.07, 6.45) is 1.84. The lowest BCUT2D eigenvalue weighted by Gasteiger charge is -2.03. The number of methoxy groups -OCH3 is 1. The number of amides is 1. The number of ether oxygens (including phenoxy) is 1. The highest BCUT2D eigenvalue weighted by Crippen LogP contribution is 2.31. The third kappa shape index (κ3) is 3.71. The Morgan fingerprint density at radius 3 is 2.75 bits per heavy atom. The van der Waals surface area contributed by atoms with Gasteiger partial charge in [-0.15, -0.1) is 0 Å². The highest BCUT2D eigenvalue weighted by Gasteiger charge is 2.24. The average molecular weight is 403 g/mol. The summed E-state index contributed by atoms with van der Waals surface area (Å²) >= 11 is 4.79. The maximum atomic E-state index is 12.2. The molecule has 0 saturated carbocycles. The standard InChI is InChI=1S/C18H15BrN2O2S/c1-11-5-3-4-6-14(11)20-18-21-17(22)16(24-18)10-12-7-8-15(23-2)13(19)9-12/h3-10H,1-2H3,(H,20,21,22)/b16-10-. The summed E-state index contributed by atoms with van der Waals surface area (Å²) < 4.78 is 6.06. The molecule has 0 aromatic heterocycles. The average Bonchev–Trinajstić information content (AvgIpc) is 2.89. The Morgan fingerprint density at radius 1 is 1.25 bits per heavy atom. The van der Waals surface area contributed by atoms with Gasteiger partial charge in [0.2, 0.25) is 0 Å². The highest BCUT2D eigenvalue weighted by molar-refractivity contribution is 9.10. The summed E-state index contributed by atoms with van der Waals surface area (Å²) in [5.41, 5.74) is 2.84. The van der Waals surface area contributed by atoms with E-state index < -0.39 is 0 Å². The van der Waals surface area contributed by atoms with Gasteiger partial charge < -0.3 is 10.1 Å². The number of halogens is 1. The van der Waals surface area contributed by atoms with Gasteiger partial charge in [-0.05, 0) is 70.0 Å². The molecular formula is C18H15BrN2O2S. The summed E-state index contributed by atoms with van der Waals surface area (Å²) in [6.45, 7) is 1.99. The van der Waals surface area contributed by atoms with E-state index in [2.05, 4.69) is 26.2 Å². The van der Waals surface area contributed by atoms with Gasteiger partial charge in [-0.1, -0.05) is 24.3 Å². The first kappa shape index (κ1) is 16.8. The largest absolute Gasteiger partial charge is 0.496 e. The van der Waals surface area contributed by atoms with E-state index in [1.807, 2.05) is 55.5 Å². The number of hydrogen-bond acceptors (Lipinski definition) is 4. The molecule has 2 aromatic carbocycles. The smallest absolute Gasteiger partial charge is 0.264 e. The van der Waals surface area contributed by atoms with Gasteiger partial charge in [0, 0.05) is 0 Å². The number of para-hydroxylation sites is 1. The van der Waals surface area contributed by atoms with Crippen LogP contribution in [0.1, 0.15) is 11.1 Å². The number of aryl methyl sites for hydroxylation is 1. The van der Waals surface area contributed by atoms with Gasteiger partial charge in [0.05, 0.1) is 22.2 Å². The number of rotatable bonds is 3. The van der Waals surface area contributed by atoms with E-state index in [1.54, 1.807) is 7.11 Å². The predicted molar refractivity (Wildman–Crippen MR) is 103 cm³/mol. The first-order valence-electron chi connectivity index (χ1n) is 7.25. The molecule has 4 nitrogen and oxygen atoms in total. The van der Waals surface area contributed by atoms with Crippen molar-refractivity contribution in [2.45, 2.75) is 6.92 Å². The van der Waals surface area contributed by atoms with Gasteiger partial charge in [0.15, 0.2) is 5.17 Å². The minimum Gasteiger partial charge on any atom is -0.496 e. The van der Waals surface area contributed by atoms with Gasteiger partial charge in [0.25, 0.3) is 5.91 Å². The maximum absolute atomic E-state index is 12.2. The lowest BCUT2D eigenvalue weighted by molar-refractivity contribution is -0.115. The van der Waals surface area contributed by atoms with Gasteiger partial charge >= 0.3 is 0 Å². The Hall–Kier alpha value is -2.05. The molecular weight excluding hydrogens is 388 g/mol. The molecule has 24 heavy (non-hydrogen) atoms. The molecule has 1 heterocycles. The summed E-state index contributed by atoms with van der Waals surface area (Å²) in [5, 5.41) is 3.40.